The van der Waals surface area contributed by atoms with Gasteiger partial charge in [0, 0.05) is 18.7 Å². The summed E-state index contributed by atoms with van der Waals surface area (Å²) >= 11 is 0. The van der Waals surface area contributed by atoms with Crippen LogP contribution in [0.2, 0.25) is 0 Å². The van der Waals surface area contributed by atoms with Crippen molar-refractivity contribution in [2.75, 3.05) is 13.1 Å². The van der Waals surface area contributed by atoms with Crippen molar-refractivity contribution in [1.82, 2.24) is 4.90 Å². The first kappa shape index (κ1) is 15.3. The normalized spacial score (nSPS) is 11.1. The maximum atomic E-state index is 13.4. The van der Waals surface area contributed by atoms with E-state index in [1.54, 1.807) is 6.92 Å². The molecule has 1 rings (SSSR count). The zero-order valence-electron chi connectivity index (χ0n) is 10.5. The molecule has 0 aliphatic rings. The van der Waals surface area contributed by atoms with Crippen LogP contribution in [0, 0.1) is 5.82 Å². The number of nitrogens with two attached hydrogens (primary N) is 1. The summed E-state index contributed by atoms with van der Waals surface area (Å²) in [6.07, 6.45) is 1.53. The van der Waals surface area contributed by atoms with Crippen molar-refractivity contribution in [1.29, 1.82) is 0 Å². The molecule has 1 aromatic rings. The second-order valence-corrected chi connectivity index (χ2v) is 5.41. The van der Waals surface area contributed by atoms with Crippen LogP contribution in [0.5, 0.6) is 0 Å². The Morgan fingerprint density at radius 3 is 2.58 bits per heavy atom. The van der Waals surface area contributed by atoms with E-state index in [1.165, 1.54) is 11.0 Å². The number of likely N-dealkylation sites (N-methyl/N-ethyl adjacent to an activating group) is 1. The van der Waals surface area contributed by atoms with Gasteiger partial charge >= 0.3 is 0 Å². The zero-order valence-corrected chi connectivity index (χ0v) is 11.3. The van der Waals surface area contributed by atoms with Crippen molar-refractivity contribution < 1.29 is 17.6 Å². The van der Waals surface area contributed by atoms with Gasteiger partial charge < -0.3 is 4.90 Å². The number of carbonyl (C=O) groups excluding carboxylic acids is 1. The van der Waals surface area contributed by atoms with Crippen molar-refractivity contribution in [2.45, 2.75) is 11.8 Å². The number of sulfonamides is 1. The topological polar surface area (TPSA) is 80.5 Å². The first-order valence-electron chi connectivity index (χ1n) is 5.53. The lowest BCUT2D eigenvalue weighted by Gasteiger charge is -2.19. The number of hydrogen-bond donors (Lipinski definition) is 1. The number of primary sulfonamides is 1. The summed E-state index contributed by atoms with van der Waals surface area (Å²) in [4.78, 5) is 13.0. The van der Waals surface area contributed by atoms with Crippen LogP contribution in [0.1, 0.15) is 17.3 Å². The van der Waals surface area contributed by atoms with Crippen molar-refractivity contribution >= 4 is 15.9 Å². The van der Waals surface area contributed by atoms with Crippen molar-refractivity contribution in [3.8, 4) is 0 Å². The molecule has 1 amide bonds. The van der Waals surface area contributed by atoms with E-state index in [2.05, 4.69) is 6.58 Å². The number of carbonyl (C=O) groups is 1. The molecule has 0 saturated carbocycles. The number of halogens is 1. The summed E-state index contributed by atoms with van der Waals surface area (Å²) < 4.78 is 35.8. The first-order chi connectivity index (χ1) is 8.79. The van der Waals surface area contributed by atoms with Crippen LogP contribution in [-0.4, -0.2) is 32.3 Å². The molecule has 19 heavy (non-hydrogen) atoms. The molecule has 0 heterocycles. The summed E-state index contributed by atoms with van der Waals surface area (Å²) in [5, 5.41) is 4.93. The summed E-state index contributed by atoms with van der Waals surface area (Å²) in [7, 11) is -4.06. The van der Waals surface area contributed by atoms with Crippen molar-refractivity contribution in [2.24, 2.45) is 5.14 Å². The Labute approximate surface area is 111 Å². The minimum atomic E-state index is -4.06. The number of nitrogens with zero attached hydrogens (tertiary/aromatic N) is 1. The minimum Gasteiger partial charge on any atom is -0.335 e. The first-order valence-corrected chi connectivity index (χ1v) is 7.07. The molecule has 2 N–H and O–H groups in total. The predicted octanol–water partition coefficient (Wildman–Crippen LogP) is 1.12. The largest absolute Gasteiger partial charge is 0.335 e. The maximum absolute atomic E-state index is 13.4. The lowest BCUT2D eigenvalue weighted by Crippen LogP contribution is -2.31. The number of amides is 1. The molecule has 0 fully saturated rings. The molecule has 0 bridgehead atoms. The maximum Gasteiger partial charge on any atom is 0.254 e. The minimum absolute atomic E-state index is 0.0623. The van der Waals surface area contributed by atoms with Crippen LogP contribution in [-0.2, 0) is 10.0 Å². The average molecular weight is 286 g/mol. The van der Waals surface area contributed by atoms with E-state index in [-0.39, 0.29) is 12.1 Å². The lowest BCUT2D eigenvalue weighted by atomic mass is 10.2. The van der Waals surface area contributed by atoms with Crippen LogP contribution in [0.25, 0.3) is 0 Å². The second kappa shape index (κ2) is 5.94. The molecule has 5 nitrogen and oxygen atoms in total. The second-order valence-electron chi connectivity index (χ2n) is 3.85. The van der Waals surface area contributed by atoms with E-state index in [1.807, 2.05) is 0 Å². The van der Waals surface area contributed by atoms with E-state index in [4.69, 9.17) is 5.14 Å². The molecule has 0 atom stereocenters. The van der Waals surface area contributed by atoms with Crippen LogP contribution in [0.15, 0.2) is 35.7 Å². The SMILES string of the molecule is C=CCN(CC)C(=O)c1cc(F)cc(S(N)(=O)=O)c1. The van der Waals surface area contributed by atoms with Gasteiger partial charge in [-0.25, -0.2) is 17.9 Å². The van der Waals surface area contributed by atoms with Crippen LogP contribution < -0.4 is 5.14 Å². The molecule has 1 aromatic carbocycles. The Balaban J connectivity index is 3.24. The van der Waals surface area contributed by atoms with E-state index in [0.29, 0.717) is 6.54 Å². The molecule has 0 aliphatic heterocycles. The Kier molecular flexibility index (Phi) is 4.79. The van der Waals surface area contributed by atoms with Gasteiger partial charge in [-0.2, -0.15) is 0 Å². The Morgan fingerprint density at radius 2 is 2.11 bits per heavy atom. The van der Waals surface area contributed by atoms with Gasteiger partial charge in [-0.05, 0) is 25.1 Å². The standard InChI is InChI=1S/C12H15FN2O3S/c1-3-5-15(4-2)12(16)9-6-10(13)8-11(7-9)19(14,17)18/h3,6-8H,1,4-5H2,2H3,(H2,14,17,18). The lowest BCUT2D eigenvalue weighted by molar-refractivity contribution is 0.0781. The van der Waals surface area contributed by atoms with Gasteiger partial charge in [0.1, 0.15) is 5.82 Å². The van der Waals surface area contributed by atoms with Crippen molar-refractivity contribution in [3.63, 3.8) is 0 Å². The van der Waals surface area contributed by atoms with E-state index in [0.717, 1.165) is 18.2 Å². The fourth-order valence-corrected chi connectivity index (χ4v) is 2.11. The molecular weight excluding hydrogens is 271 g/mol. The molecule has 0 aromatic heterocycles. The highest BCUT2D eigenvalue weighted by atomic mass is 32.2. The highest BCUT2D eigenvalue weighted by molar-refractivity contribution is 7.89. The number of rotatable bonds is 5. The third kappa shape index (κ3) is 3.87. The fourth-order valence-electron chi connectivity index (χ4n) is 1.54. The molecular formula is C12H15FN2O3S. The Morgan fingerprint density at radius 1 is 1.47 bits per heavy atom. The highest BCUT2D eigenvalue weighted by Crippen LogP contribution is 2.15. The van der Waals surface area contributed by atoms with Gasteiger partial charge in [0.2, 0.25) is 10.0 Å². The summed E-state index contributed by atoms with van der Waals surface area (Å²) in [5.41, 5.74) is -0.0623. The molecule has 0 spiro atoms. The fraction of sp³-hybridized carbons (Fsp3) is 0.250. The van der Waals surface area contributed by atoms with Crippen LogP contribution >= 0.6 is 0 Å². The molecule has 0 radical (unpaired) electrons. The van der Waals surface area contributed by atoms with Gasteiger partial charge in [-0.15, -0.1) is 6.58 Å². The third-order valence-electron chi connectivity index (χ3n) is 2.47. The smallest absolute Gasteiger partial charge is 0.254 e. The Bertz CT molecular complexity index is 599. The van der Waals surface area contributed by atoms with E-state index < -0.39 is 26.6 Å². The Hall–Kier alpha value is -1.73. The third-order valence-corrected chi connectivity index (χ3v) is 3.36. The number of hydrogen-bond acceptors (Lipinski definition) is 3. The summed E-state index contributed by atoms with van der Waals surface area (Å²) in [5.74, 6) is -1.31. The van der Waals surface area contributed by atoms with Gasteiger partial charge in [-0.3, -0.25) is 4.79 Å². The highest BCUT2D eigenvalue weighted by Gasteiger charge is 2.18. The van der Waals surface area contributed by atoms with E-state index in [9.17, 15) is 17.6 Å². The van der Waals surface area contributed by atoms with E-state index >= 15 is 0 Å². The quantitative estimate of drug-likeness (QED) is 0.824. The number of benzene rings is 1. The van der Waals surface area contributed by atoms with Crippen LogP contribution in [0.4, 0.5) is 4.39 Å². The van der Waals surface area contributed by atoms with Gasteiger partial charge in [0.15, 0.2) is 0 Å². The average Bonchev–Trinajstić information content (AvgIpc) is 2.33. The predicted molar refractivity (Wildman–Crippen MR) is 69.5 cm³/mol. The summed E-state index contributed by atoms with van der Waals surface area (Å²) in [6.45, 7) is 5.95. The van der Waals surface area contributed by atoms with Crippen molar-refractivity contribution in [3.05, 3.63) is 42.2 Å². The molecule has 104 valence electrons. The summed E-state index contributed by atoms with van der Waals surface area (Å²) in [6, 6.07) is 2.81. The molecule has 0 aliphatic carbocycles. The van der Waals surface area contributed by atoms with Gasteiger partial charge in [-0.1, -0.05) is 6.08 Å². The zero-order chi connectivity index (χ0) is 14.6. The monoisotopic (exact) mass is 286 g/mol. The molecule has 0 saturated heterocycles. The van der Waals surface area contributed by atoms with Crippen LogP contribution in [0.3, 0.4) is 0 Å². The van der Waals surface area contributed by atoms with Gasteiger partial charge in [0.05, 0.1) is 4.90 Å². The molecule has 0 unspecified atom stereocenters. The molecule has 7 heteroatoms. The van der Waals surface area contributed by atoms with Gasteiger partial charge in [0.25, 0.3) is 5.91 Å².